The number of thiazole rings is 1. The second-order valence-electron chi connectivity index (χ2n) is 6.50. The second kappa shape index (κ2) is 4.48. The molecular weight excluding hydrogens is 266 g/mol. The van der Waals surface area contributed by atoms with E-state index in [2.05, 4.69) is 50.9 Å². The van der Waals surface area contributed by atoms with Crippen molar-refractivity contribution in [3.8, 4) is 11.3 Å². The fourth-order valence-electron chi connectivity index (χ4n) is 2.57. The first-order valence-electron chi connectivity index (χ1n) is 6.97. The van der Waals surface area contributed by atoms with Crippen LogP contribution >= 0.6 is 11.3 Å². The van der Waals surface area contributed by atoms with Crippen LogP contribution in [0.1, 0.15) is 31.3 Å². The standard InChI is InChI=1S/C16H21N3S/c1-16(2,3)15-18-13(14(17)20-15)11-5-6-12-10(9-11)7-8-19(12)4/h5-6,9H,7-8,17H2,1-4H3. The van der Waals surface area contributed by atoms with Gasteiger partial charge in [-0.2, -0.15) is 0 Å². The molecule has 2 N–H and O–H groups in total. The average molecular weight is 287 g/mol. The summed E-state index contributed by atoms with van der Waals surface area (Å²) in [6.45, 7) is 7.62. The Morgan fingerprint density at radius 3 is 2.70 bits per heavy atom. The summed E-state index contributed by atoms with van der Waals surface area (Å²) < 4.78 is 0. The molecule has 0 fully saturated rings. The molecule has 20 heavy (non-hydrogen) atoms. The molecule has 1 aliphatic heterocycles. The van der Waals surface area contributed by atoms with Gasteiger partial charge in [-0.05, 0) is 24.1 Å². The van der Waals surface area contributed by atoms with Crippen LogP contribution in [0.4, 0.5) is 10.7 Å². The summed E-state index contributed by atoms with van der Waals surface area (Å²) in [7, 11) is 2.14. The van der Waals surface area contributed by atoms with Crippen LogP contribution in [0.3, 0.4) is 0 Å². The molecule has 0 spiro atoms. The van der Waals surface area contributed by atoms with Crippen LogP contribution < -0.4 is 10.6 Å². The van der Waals surface area contributed by atoms with Gasteiger partial charge in [0.15, 0.2) is 0 Å². The highest BCUT2D eigenvalue weighted by atomic mass is 32.1. The number of aromatic nitrogens is 1. The van der Waals surface area contributed by atoms with Gasteiger partial charge >= 0.3 is 0 Å². The molecule has 2 heterocycles. The van der Waals surface area contributed by atoms with Crippen LogP contribution in [0.15, 0.2) is 18.2 Å². The quantitative estimate of drug-likeness (QED) is 0.870. The number of benzene rings is 1. The first-order valence-corrected chi connectivity index (χ1v) is 7.79. The Balaban J connectivity index is 2.04. The number of nitrogens with zero attached hydrogens (tertiary/aromatic N) is 2. The third kappa shape index (κ3) is 2.18. The Morgan fingerprint density at radius 2 is 2.05 bits per heavy atom. The van der Waals surface area contributed by atoms with Crippen molar-refractivity contribution in [2.45, 2.75) is 32.6 Å². The molecule has 0 aliphatic carbocycles. The second-order valence-corrected chi connectivity index (χ2v) is 7.53. The molecule has 0 saturated carbocycles. The Hall–Kier alpha value is -1.55. The van der Waals surface area contributed by atoms with E-state index >= 15 is 0 Å². The normalized spacial score (nSPS) is 14.7. The highest BCUT2D eigenvalue weighted by molar-refractivity contribution is 7.16. The molecular formula is C16H21N3S. The lowest BCUT2D eigenvalue weighted by atomic mass is 9.98. The number of rotatable bonds is 1. The van der Waals surface area contributed by atoms with Crippen molar-refractivity contribution in [3.05, 3.63) is 28.8 Å². The Morgan fingerprint density at radius 1 is 1.30 bits per heavy atom. The van der Waals surface area contributed by atoms with Crippen molar-refractivity contribution < 1.29 is 0 Å². The van der Waals surface area contributed by atoms with Gasteiger partial charge in [-0.15, -0.1) is 11.3 Å². The van der Waals surface area contributed by atoms with Crippen LogP contribution in [-0.4, -0.2) is 18.6 Å². The summed E-state index contributed by atoms with van der Waals surface area (Å²) in [6, 6.07) is 6.57. The van der Waals surface area contributed by atoms with Gasteiger partial charge in [-0.1, -0.05) is 26.8 Å². The van der Waals surface area contributed by atoms with E-state index in [9.17, 15) is 0 Å². The number of nitrogens with two attached hydrogens (primary N) is 1. The lowest BCUT2D eigenvalue weighted by Gasteiger charge is -2.13. The smallest absolute Gasteiger partial charge is 0.114 e. The van der Waals surface area contributed by atoms with E-state index in [-0.39, 0.29) is 5.41 Å². The Bertz CT molecular complexity index is 652. The maximum Gasteiger partial charge on any atom is 0.114 e. The largest absolute Gasteiger partial charge is 0.389 e. The molecule has 0 radical (unpaired) electrons. The summed E-state index contributed by atoms with van der Waals surface area (Å²) >= 11 is 1.61. The molecule has 0 saturated heterocycles. The minimum Gasteiger partial charge on any atom is -0.389 e. The third-order valence-electron chi connectivity index (χ3n) is 3.78. The van der Waals surface area contributed by atoms with Gasteiger partial charge in [-0.25, -0.2) is 4.98 Å². The van der Waals surface area contributed by atoms with Crippen LogP contribution in [0, 0.1) is 0 Å². The van der Waals surface area contributed by atoms with E-state index in [1.807, 2.05) is 0 Å². The van der Waals surface area contributed by atoms with Gasteiger partial charge in [0.05, 0.1) is 0 Å². The maximum atomic E-state index is 6.19. The molecule has 3 nitrogen and oxygen atoms in total. The number of nitrogen functional groups attached to an aromatic ring is 1. The van der Waals surface area contributed by atoms with Crippen LogP contribution in [0.2, 0.25) is 0 Å². The molecule has 3 rings (SSSR count). The van der Waals surface area contributed by atoms with Crippen molar-refractivity contribution in [2.75, 3.05) is 24.2 Å². The average Bonchev–Trinajstić information content (AvgIpc) is 2.93. The van der Waals surface area contributed by atoms with Gasteiger partial charge in [0.2, 0.25) is 0 Å². The topological polar surface area (TPSA) is 42.2 Å². The van der Waals surface area contributed by atoms with E-state index in [0.29, 0.717) is 0 Å². The molecule has 0 atom stereocenters. The van der Waals surface area contributed by atoms with Crippen LogP contribution in [0.5, 0.6) is 0 Å². The van der Waals surface area contributed by atoms with E-state index < -0.39 is 0 Å². The predicted molar refractivity (Wildman–Crippen MR) is 87.6 cm³/mol. The zero-order chi connectivity index (χ0) is 14.5. The van der Waals surface area contributed by atoms with Gasteiger partial charge in [-0.3, -0.25) is 0 Å². The summed E-state index contributed by atoms with van der Waals surface area (Å²) in [5.74, 6) is 0. The summed E-state index contributed by atoms with van der Waals surface area (Å²) in [4.78, 5) is 7.07. The highest BCUT2D eigenvalue weighted by Crippen LogP contribution is 2.38. The molecule has 1 aromatic heterocycles. The van der Waals surface area contributed by atoms with Crippen molar-refractivity contribution in [1.82, 2.24) is 4.98 Å². The lowest BCUT2D eigenvalue weighted by Crippen LogP contribution is -2.12. The van der Waals surface area contributed by atoms with Crippen molar-refractivity contribution in [1.29, 1.82) is 0 Å². The van der Waals surface area contributed by atoms with Crippen molar-refractivity contribution in [3.63, 3.8) is 0 Å². The molecule has 0 unspecified atom stereocenters. The first-order chi connectivity index (χ1) is 9.36. The Labute approximate surface area is 124 Å². The van der Waals surface area contributed by atoms with E-state index in [4.69, 9.17) is 10.7 Å². The van der Waals surface area contributed by atoms with E-state index in [1.165, 1.54) is 11.3 Å². The monoisotopic (exact) mass is 287 g/mol. The zero-order valence-electron chi connectivity index (χ0n) is 12.5. The fraction of sp³-hybridized carbons (Fsp3) is 0.438. The minimum absolute atomic E-state index is 0.0496. The first kappa shape index (κ1) is 13.4. The number of anilines is 2. The Kier molecular flexibility index (Phi) is 3.01. The number of fused-ring (bicyclic) bond motifs is 1. The fourth-order valence-corrected chi connectivity index (χ4v) is 3.49. The van der Waals surface area contributed by atoms with Gasteiger partial charge in [0.1, 0.15) is 15.7 Å². The molecule has 4 heteroatoms. The highest BCUT2D eigenvalue weighted by Gasteiger charge is 2.22. The minimum atomic E-state index is 0.0496. The maximum absolute atomic E-state index is 6.19. The summed E-state index contributed by atoms with van der Waals surface area (Å²) in [6.07, 6.45) is 1.11. The van der Waals surface area contributed by atoms with Crippen LogP contribution in [0.25, 0.3) is 11.3 Å². The van der Waals surface area contributed by atoms with Crippen molar-refractivity contribution in [2.24, 2.45) is 0 Å². The predicted octanol–water partition coefficient (Wildman–Crippen LogP) is 3.68. The number of likely N-dealkylation sites (N-methyl/N-ethyl adjacent to an activating group) is 1. The number of hydrogen-bond acceptors (Lipinski definition) is 4. The molecule has 1 aromatic carbocycles. The SMILES string of the molecule is CN1CCc2cc(-c3nc(C(C)(C)C)sc3N)ccc21. The summed E-state index contributed by atoms with van der Waals surface area (Å²) in [5.41, 5.74) is 11.1. The van der Waals surface area contributed by atoms with Gasteiger partial charge < -0.3 is 10.6 Å². The zero-order valence-corrected chi connectivity index (χ0v) is 13.3. The van der Waals surface area contributed by atoms with E-state index in [1.54, 1.807) is 11.3 Å². The third-order valence-corrected chi connectivity index (χ3v) is 5.09. The molecule has 2 aromatic rings. The van der Waals surface area contributed by atoms with Gasteiger partial charge in [0, 0.05) is 30.3 Å². The molecule has 0 amide bonds. The number of hydrogen-bond donors (Lipinski definition) is 1. The van der Waals surface area contributed by atoms with Crippen molar-refractivity contribution >= 4 is 22.0 Å². The van der Waals surface area contributed by atoms with Crippen LogP contribution in [-0.2, 0) is 11.8 Å². The molecule has 106 valence electrons. The van der Waals surface area contributed by atoms with Gasteiger partial charge in [0.25, 0.3) is 0 Å². The summed E-state index contributed by atoms with van der Waals surface area (Å²) in [5, 5.41) is 1.92. The lowest BCUT2D eigenvalue weighted by molar-refractivity contribution is 0.586. The molecule has 1 aliphatic rings. The molecule has 0 bridgehead atoms. The van der Waals surface area contributed by atoms with E-state index in [0.717, 1.165) is 34.2 Å².